The summed E-state index contributed by atoms with van der Waals surface area (Å²) in [5.74, 6) is -2.76. The lowest BCUT2D eigenvalue weighted by Gasteiger charge is -2.12. The summed E-state index contributed by atoms with van der Waals surface area (Å²) in [4.78, 5) is 10.5. The number of hydrogen-bond donors (Lipinski definition) is 1. The molecule has 0 aliphatic rings. The van der Waals surface area contributed by atoms with Crippen LogP contribution in [0.25, 0.3) is 0 Å². The Kier molecular flexibility index (Phi) is 4.62. The van der Waals surface area contributed by atoms with Crippen LogP contribution in [0.4, 0.5) is 13.2 Å². The molecule has 0 amide bonds. The second-order valence-electron chi connectivity index (χ2n) is 3.12. The zero-order valence-corrected chi connectivity index (χ0v) is 9.18. The Labute approximate surface area is 99.8 Å². The number of carboxylic acid groups (broad SMARTS) is 1. The standard InChI is InChI=1S/C10H8ClF3O3/c11-4-7-5(2-9(15)16)1-6(12)3-8(7)17-10(13)14/h1,3,10H,2,4H2,(H,15,16). The summed E-state index contributed by atoms with van der Waals surface area (Å²) < 4.78 is 41.3. The highest BCUT2D eigenvalue weighted by Gasteiger charge is 2.16. The monoisotopic (exact) mass is 268 g/mol. The second kappa shape index (κ2) is 5.77. The topological polar surface area (TPSA) is 46.5 Å². The number of rotatable bonds is 5. The van der Waals surface area contributed by atoms with Gasteiger partial charge >= 0.3 is 12.6 Å². The number of aliphatic carboxylic acids is 1. The van der Waals surface area contributed by atoms with Crippen molar-refractivity contribution in [3.63, 3.8) is 0 Å². The molecule has 3 nitrogen and oxygen atoms in total. The quantitative estimate of drug-likeness (QED) is 0.835. The van der Waals surface area contributed by atoms with Gasteiger partial charge in [-0.05, 0) is 11.6 Å². The lowest BCUT2D eigenvalue weighted by molar-refractivity contribution is -0.136. The molecule has 0 atom stereocenters. The van der Waals surface area contributed by atoms with Crippen LogP contribution in [-0.4, -0.2) is 17.7 Å². The summed E-state index contributed by atoms with van der Waals surface area (Å²) in [5.41, 5.74) is 0.0684. The van der Waals surface area contributed by atoms with Crippen LogP contribution in [-0.2, 0) is 17.1 Å². The predicted octanol–water partition coefficient (Wildman–Crippen LogP) is 2.79. The van der Waals surface area contributed by atoms with Crippen LogP contribution < -0.4 is 4.74 Å². The van der Waals surface area contributed by atoms with Crippen molar-refractivity contribution in [2.24, 2.45) is 0 Å². The number of carbonyl (C=O) groups is 1. The van der Waals surface area contributed by atoms with Gasteiger partial charge in [-0.15, -0.1) is 11.6 Å². The third kappa shape index (κ3) is 3.81. The summed E-state index contributed by atoms with van der Waals surface area (Å²) in [7, 11) is 0. The van der Waals surface area contributed by atoms with E-state index in [4.69, 9.17) is 16.7 Å². The zero-order chi connectivity index (χ0) is 13.0. The van der Waals surface area contributed by atoms with E-state index in [0.29, 0.717) is 0 Å². The molecule has 0 unspecified atom stereocenters. The minimum atomic E-state index is -3.13. The molecule has 0 saturated heterocycles. The molecular weight excluding hydrogens is 261 g/mol. The van der Waals surface area contributed by atoms with Gasteiger partial charge in [0.1, 0.15) is 11.6 Å². The molecule has 1 N–H and O–H groups in total. The van der Waals surface area contributed by atoms with Gasteiger partial charge in [-0.2, -0.15) is 8.78 Å². The maximum atomic E-state index is 13.1. The third-order valence-corrected chi connectivity index (χ3v) is 2.22. The molecule has 1 aromatic carbocycles. The third-order valence-electron chi connectivity index (χ3n) is 1.96. The van der Waals surface area contributed by atoms with Gasteiger partial charge in [0.15, 0.2) is 0 Å². The van der Waals surface area contributed by atoms with Crippen LogP contribution in [0.5, 0.6) is 5.75 Å². The van der Waals surface area contributed by atoms with Crippen molar-refractivity contribution in [1.82, 2.24) is 0 Å². The van der Waals surface area contributed by atoms with Crippen LogP contribution in [0.2, 0.25) is 0 Å². The van der Waals surface area contributed by atoms with Crippen molar-refractivity contribution in [1.29, 1.82) is 0 Å². The molecule has 7 heteroatoms. The molecule has 1 aromatic rings. The lowest BCUT2D eigenvalue weighted by Crippen LogP contribution is -2.09. The summed E-state index contributed by atoms with van der Waals surface area (Å²) in [5, 5.41) is 8.60. The molecule has 17 heavy (non-hydrogen) atoms. The van der Waals surface area contributed by atoms with E-state index in [1.54, 1.807) is 0 Å². The van der Waals surface area contributed by atoms with Gasteiger partial charge < -0.3 is 9.84 Å². The normalized spacial score (nSPS) is 10.6. The van der Waals surface area contributed by atoms with E-state index in [0.717, 1.165) is 12.1 Å². The molecule has 0 aliphatic carbocycles. The minimum Gasteiger partial charge on any atom is -0.481 e. The van der Waals surface area contributed by atoms with Crippen LogP contribution in [0, 0.1) is 5.82 Å². The molecule has 0 fully saturated rings. The van der Waals surface area contributed by atoms with Crippen molar-refractivity contribution in [3.8, 4) is 5.75 Å². The van der Waals surface area contributed by atoms with Crippen molar-refractivity contribution in [2.75, 3.05) is 0 Å². The predicted molar refractivity (Wildman–Crippen MR) is 53.9 cm³/mol. The number of benzene rings is 1. The molecular formula is C10H8ClF3O3. The van der Waals surface area contributed by atoms with Gasteiger partial charge in [0.25, 0.3) is 0 Å². The van der Waals surface area contributed by atoms with E-state index < -0.39 is 30.6 Å². The van der Waals surface area contributed by atoms with Crippen LogP contribution in [0.3, 0.4) is 0 Å². The van der Waals surface area contributed by atoms with E-state index in [-0.39, 0.29) is 17.0 Å². The van der Waals surface area contributed by atoms with E-state index in [9.17, 15) is 18.0 Å². The average Bonchev–Trinajstić information content (AvgIpc) is 2.14. The number of alkyl halides is 3. The van der Waals surface area contributed by atoms with Crippen LogP contribution in [0.15, 0.2) is 12.1 Å². The zero-order valence-electron chi connectivity index (χ0n) is 8.42. The van der Waals surface area contributed by atoms with Gasteiger partial charge in [-0.3, -0.25) is 4.79 Å². The van der Waals surface area contributed by atoms with Gasteiger partial charge in [-0.1, -0.05) is 0 Å². The first-order valence-corrected chi connectivity index (χ1v) is 5.01. The average molecular weight is 269 g/mol. The molecule has 0 spiro atoms. The van der Waals surface area contributed by atoms with Crippen molar-refractivity contribution < 1.29 is 27.8 Å². The first-order chi connectivity index (χ1) is 7.93. The molecule has 0 radical (unpaired) electrons. The van der Waals surface area contributed by atoms with E-state index >= 15 is 0 Å². The first-order valence-electron chi connectivity index (χ1n) is 4.48. The van der Waals surface area contributed by atoms with Crippen molar-refractivity contribution in [2.45, 2.75) is 18.9 Å². The fourth-order valence-corrected chi connectivity index (χ4v) is 1.64. The van der Waals surface area contributed by atoms with Gasteiger partial charge in [-0.25, -0.2) is 4.39 Å². The minimum absolute atomic E-state index is 0.0168. The Morgan fingerprint density at radius 2 is 2.12 bits per heavy atom. The Bertz CT molecular complexity index is 424. The smallest absolute Gasteiger partial charge is 0.387 e. The van der Waals surface area contributed by atoms with Crippen LogP contribution >= 0.6 is 11.6 Å². The molecule has 0 heterocycles. The number of hydrogen-bond acceptors (Lipinski definition) is 2. The SMILES string of the molecule is O=C(O)Cc1cc(F)cc(OC(F)F)c1CCl. The van der Waals surface area contributed by atoms with Gasteiger partial charge in [0.2, 0.25) is 0 Å². The summed E-state index contributed by atoms with van der Waals surface area (Å²) in [6.07, 6.45) is -0.514. The van der Waals surface area contributed by atoms with E-state index in [1.807, 2.05) is 0 Å². The number of carboxylic acids is 1. The Morgan fingerprint density at radius 3 is 2.59 bits per heavy atom. The molecule has 0 bridgehead atoms. The maximum Gasteiger partial charge on any atom is 0.387 e. The van der Waals surface area contributed by atoms with Crippen molar-refractivity contribution >= 4 is 17.6 Å². The number of halogens is 4. The maximum absolute atomic E-state index is 13.1. The molecule has 0 aliphatic heterocycles. The van der Waals surface area contributed by atoms with Gasteiger partial charge in [0, 0.05) is 11.6 Å². The number of ether oxygens (including phenoxy) is 1. The van der Waals surface area contributed by atoms with E-state index in [1.165, 1.54) is 0 Å². The van der Waals surface area contributed by atoms with Crippen molar-refractivity contribution in [3.05, 3.63) is 29.1 Å². The fraction of sp³-hybridized carbons (Fsp3) is 0.300. The van der Waals surface area contributed by atoms with Gasteiger partial charge in [0.05, 0.1) is 12.3 Å². The Balaban J connectivity index is 3.19. The summed E-state index contributed by atoms with van der Waals surface area (Å²) >= 11 is 5.52. The molecule has 0 aromatic heterocycles. The molecule has 94 valence electrons. The highest BCUT2D eigenvalue weighted by Crippen LogP contribution is 2.28. The first kappa shape index (κ1) is 13.6. The lowest BCUT2D eigenvalue weighted by atomic mass is 10.0. The highest BCUT2D eigenvalue weighted by molar-refractivity contribution is 6.17. The van der Waals surface area contributed by atoms with E-state index in [2.05, 4.69) is 4.74 Å². The summed E-state index contributed by atoms with van der Waals surface area (Å²) in [6.45, 7) is -3.13. The molecule has 0 saturated carbocycles. The highest BCUT2D eigenvalue weighted by atomic mass is 35.5. The second-order valence-corrected chi connectivity index (χ2v) is 3.39. The molecule has 1 rings (SSSR count). The largest absolute Gasteiger partial charge is 0.481 e. The fourth-order valence-electron chi connectivity index (χ4n) is 1.34. The Morgan fingerprint density at radius 1 is 1.47 bits per heavy atom. The summed E-state index contributed by atoms with van der Waals surface area (Å²) in [6, 6.07) is 1.68. The Hall–Kier alpha value is -1.43. The van der Waals surface area contributed by atoms with Crippen LogP contribution in [0.1, 0.15) is 11.1 Å².